The van der Waals surface area contributed by atoms with Crippen molar-refractivity contribution in [2.24, 2.45) is 0 Å². The molecule has 19 heavy (non-hydrogen) atoms. The van der Waals surface area contributed by atoms with Crippen molar-refractivity contribution in [1.82, 2.24) is 9.78 Å². The number of aliphatic hydroxyl groups is 1. The second-order valence-electron chi connectivity index (χ2n) is 4.67. The molecule has 0 aliphatic carbocycles. The fourth-order valence-electron chi connectivity index (χ4n) is 2.20. The minimum Gasteiger partial charge on any atom is -0.386 e. The van der Waals surface area contributed by atoms with Crippen LogP contribution < -0.4 is 0 Å². The lowest BCUT2D eigenvalue weighted by atomic mass is 10.1. The highest BCUT2D eigenvalue weighted by Crippen LogP contribution is 2.24. The SMILES string of the molecule is CCc1cc(C(O)Cc2ccc(CC)s2)n(CC)n1. The predicted molar refractivity (Wildman–Crippen MR) is 79.6 cm³/mol. The van der Waals surface area contributed by atoms with Crippen LogP contribution in [0.3, 0.4) is 0 Å². The monoisotopic (exact) mass is 278 g/mol. The topological polar surface area (TPSA) is 38.0 Å². The van der Waals surface area contributed by atoms with Crippen LogP contribution in [0.5, 0.6) is 0 Å². The lowest BCUT2D eigenvalue weighted by Gasteiger charge is -2.11. The average molecular weight is 278 g/mol. The van der Waals surface area contributed by atoms with Gasteiger partial charge in [0.05, 0.1) is 11.4 Å². The van der Waals surface area contributed by atoms with E-state index in [4.69, 9.17) is 0 Å². The molecular formula is C15H22N2OS. The Morgan fingerprint density at radius 2 is 1.95 bits per heavy atom. The molecule has 0 aromatic carbocycles. The summed E-state index contributed by atoms with van der Waals surface area (Å²) in [7, 11) is 0. The largest absolute Gasteiger partial charge is 0.386 e. The minimum absolute atomic E-state index is 0.462. The molecule has 1 unspecified atom stereocenters. The Balaban J connectivity index is 2.14. The van der Waals surface area contributed by atoms with E-state index in [0.717, 1.165) is 30.8 Å². The zero-order valence-electron chi connectivity index (χ0n) is 11.9. The third-order valence-corrected chi connectivity index (χ3v) is 4.58. The van der Waals surface area contributed by atoms with Crippen molar-refractivity contribution < 1.29 is 5.11 Å². The van der Waals surface area contributed by atoms with E-state index in [-0.39, 0.29) is 0 Å². The first-order valence-electron chi connectivity index (χ1n) is 7.00. The summed E-state index contributed by atoms with van der Waals surface area (Å²) >= 11 is 1.79. The van der Waals surface area contributed by atoms with E-state index in [1.165, 1.54) is 9.75 Å². The standard InChI is InChI=1S/C15H22N2OS/c1-4-11-9-14(17(6-3)16-11)15(18)10-13-8-7-12(5-2)19-13/h7-9,15,18H,4-6,10H2,1-3H3. The maximum atomic E-state index is 10.4. The Hall–Kier alpha value is -1.13. The van der Waals surface area contributed by atoms with Crippen molar-refractivity contribution in [2.45, 2.75) is 52.7 Å². The molecule has 3 nitrogen and oxygen atoms in total. The van der Waals surface area contributed by atoms with Crippen molar-refractivity contribution in [2.75, 3.05) is 0 Å². The van der Waals surface area contributed by atoms with Crippen LogP contribution in [-0.2, 0) is 25.8 Å². The van der Waals surface area contributed by atoms with E-state index in [0.29, 0.717) is 6.42 Å². The van der Waals surface area contributed by atoms with Crippen molar-refractivity contribution in [3.05, 3.63) is 39.3 Å². The summed E-state index contributed by atoms with van der Waals surface area (Å²) < 4.78 is 1.91. The van der Waals surface area contributed by atoms with Crippen LogP contribution in [0.4, 0.5) is 0 Å². The molecule has 1 N–H and O–H groups in total. The summed E-state index contributed by atoms with van der Waals surface area (Å²) in [6.45, 7) is 7.11. The van der Waals surface area contributed by atoms with E-state index in [2.05, 4.69) is 38.0 Å². The van der Waals surface area contributed by atoms with Gasteiger partial charge in [-0.15, -0.1) is 11.3 Å². The maximum Gasteiger partial charge on any atom is 0.100 e. The van der Waals surface area contributed by atoms with E-state index in [1.54, 1.807) is 11.3 Å². The Bertz CT molecular complexity index is 530. The van der Waals surface area contributed by atoms with Gasteiger partial charge in [0.15, 0.2) is 0 Å². The zero-order chi connectivity index (χ0) is 13.8. The molecule has 0 saturated heterocycles. The summed E-state index contributed by atoms with van der Waals surface area (Å²) in [5, 5.41) is 14.9. The number of hydrogen-bond acceptors (Lipinski definition) is 3. The average Bonchev–Trinajstić information content (AvgIpc) is 3.04. The van der Waals surface area contributed by atoms with Crippen LogP contribution in [0.15, 0.2) is 18.2 Å². The second kappa shape index (κ2) is 6.35. The number of aromatic nitrogens is 2. The molecule has 2 rings (SSSR count). The summed E-state index contributed by atoms with van der Waals surface area (Å²) in [4.78, 5) is 2.62. The van der Waals surface area contributed by atoms with E-state index >= 15 is 0 Å². The molecular weight excluding hydrogens is 256 g/mol. The van der Waals surface area contributed by atoms with Crippen molar-refractivity contribution >= 4 is 11.3 Å². The maximum absolute atomic E-state index is 10.4. The van der Waals surface area contributed by atoms with E-state index in [1.807, 2.05) is 10.7 Å². The van der Waals surface area contributed by atoms with Crippen LogP contribution in [0, 0.1) is 0 Å². The Morgan fingerprint density at radius 1 is 1.21 bits per heavy atom. The Kier molecular flexibility index (Phi) is 4.77. The normalized spacial score (nSPS) is 12.8. The predicted octanol–water partition coefficient (Wildman–Crippen LogP) is 3.37. The van der Waals surface area contributed by atoms with Crippen molar-refractivity contribution in [3.63, 3.8) is 0 Å². The van der Waals surface area contributed by atoms with Gasteiger partial charge < -0.3 is 5.11 Å². The lowest BCUT2D eigenvalue weighted by Crippen LogP contribution is -2.09. The van der Waals surface area contributed by atoms with E-state index in [9.17, 15) is 5.11 Å². The molecule has 1 atom stereocenters. The second-order valence-corrected chi connectivity index (χ2v) is 5.92. The number of thiophene rings is 1. The van der Waals surface area contributed by atoms with Crippen LogP contribution in [-0.4, -0.2) is 14.9 Å². The highest BCUT2D eigenvalue weighted by atomic mass is 32.1. The third-order valence-electron chi connectivity index (χ3n) is 3.33. The molecule has 0 aliphatic heterocycles. The number of nitrogens with zero attached hydrogens (tertiary/aromatic N) is 2. The fraction of sp³-hybridized carbons (Fsp3) is 0.533. The first-order valence-corrected chi connectivity index (χ1v) is 7.81. The molecule has 0 saturated carbocycles. The van der Waals surface area contributed by atoms with Gasteiger partial charge in [0.1, 0.15) is 6.10 Å². The van der Waals surface area contributed by atoms with Gasteiger partial charge in [-0.25, -0.2) is 0 Å². The van der Waals surface area contributed by atoms with Gasteiger partial charge in [-0.05, 0) is 38.0 Å². The summed E-state index contributed by atoms with van der Waals surface area (Å²) in [5.41, 5.74) is 1.99. The van der Waals surface area contributed by atoms with Crippen LogP contribution in [0.25, 0.3) is 0 Å². The number of aliphatic hydroxyl groups excluding tert-OH is 1. The highest BCUT2D eigenvalue weighted by Gasteiger charge is 2.16. The van der Waals surface area contributed by atoms with Gasteiger partial charge >= 0.3 is 0 Å². The van der Waals surface area contributed by atoms with Gasteiger partial charge in [-0.1, -0.05) is 13.8 Å². The number of hydrogen-bond donors (Lipinski definition) is 1. The van der Waals surface area contributed by atoms with Gasteiger partial charge in [0.25, 0.3) is 0 Å². The van der Waals surface area contributed by atoms with Gasteiger partial charge in [0.2, 0.25) is 0 Å². The molecule has 2 aromatic rings. The fourth-order valence-corrected chi connectivity index (χ4v) is 3.19. The molecule has 0 aliphatic rings. The highest BCUT2D eigenvalue weighted by molar-refractivity contribution is 7.11. The molecule has 0 radical (unpaired) electrons. The number of rotatable bonds is 6. The molecule has 2 heterocycles. The summed E-state index contributed by atoms with van der Waals surface area (Å²) in [5.74, 6) is 0. The first kappa shape index (κ1) is 14.3. The van der Waals surface area contributed by atoms with Crippen LogP contribution in [0.2, 0.25) is 0 Å². The van der Waals surface area contributed by atoms with Crippen molar-refractivity contribution in [3.8, 4) is 0 Å². The quantitative estimate of drug-likeness (QED) is 0.880. The van der Waals surface area contributed by atoms with Gasteiger partial charge in [-0.2, -0.15) is 5.10 Å². The zero-order valence-corrected chi connectivity index (χ0v) is 12.7. The third kappa shape index (κ3) is 3.25. The molecule has 0 bridgehead atoms. The summed E-state index contributed by atoms with van der Waals surface area (Å²) in [6, 6.07) is 6.31. The van der Waals surface area contributed by atoms with Crippen molar-refractivity contribution in [1.29, 1.82) is 0 Å². The minimum atomic E-state index is -0.462. The molecule has 4 heteroatoms. The van der Waals surface area contributed by atoms with Crippen LogP contribution >= 0.6 is 11.3 Å². The first-order chi connectivity index (χ1) is 9.17. The number of aryl methyl sites for hydroxylation is 3. The van der Waals surface area contributed by atoms with E-state index < -0.39 is 6.10 Å². The molecule has 2 aromatic heterocycles. The Morgan fingerprint density at radius 3 is 2.53 bits per heavy atom. The molecule has 104 valence electrons. The van der Waals surface area contributed by atoms with Gasteiger partial charge in [0, 0.05) is 22.7 Å². The Labute approximate surface area is 118 Å². The molecule has 0 amide bonds. The van der Waals surface area contributed by atoms with Gasteiger partial charge in [-0.3, -0.25) is 4.68 Å². The molecule has 0 spiro atoms. The van der Waals surface area contributed by atoms with Crippen LogP contribution in [0.1, 0.15) is 48.0 Å². The summed E-state index contributed by atoms with van der Waals surface area (Å²) in [6.07, 6.45) is 2.19. The smallest absolute Gasteiger partial charge is 0.100 e. The lowest BCUT2D eigenvalue weighted by molar-refractivity contribution is 0.168. The molecule has 0 fully saturated rings.